The largest absolute Gasteiger partial charge is 0.494 e. The lowest BCUT2D eigenvalue weighted by Crippen LogP contribution is -2.15. The van der Waals surface area contributed by atoms with E-state index < -0.39 is 5.97 Å². The van der Waals surface area contributed by atoms with Crippen molar-refractivity contribution in [3.8, 4) is 5.75 Å². The van der Waals surface area contributed by atoms with Crippen molar-refractivity contribution in [3.05, 3.63) is 72.3 Å². The van der Waals surface area contributed by atoms with Crippen LogP contribution >= 0.6 is 0 Å². The van der Waals surface area contributed by atoms with Crippen molar-refractivity contribution in [3.63, 3.8) is 0 Å². The highest BCUT2D eigenvalue weighted by atomic mass is 16.5. The van der Waals surface area contributed by atoms with E-state index in [1.54, 1.807) is 24.3 Å². The predicted molar refractivity (Wildman–Crippen MR) is 114 cm³/mol. The molecule has 0 bridgehead atoms. The van der Waals surface area contributed by atoms with E-state index >= 15 is 0 Å². The third-order valence-electron chi connectivity index (χ3n) is 4.64. The Morgan fingerprint density at radius 3 is 2.45 bits per heavy atom. The van der Waals surface area contributed by atoms with Gasteiger partial charge in [-0.05, 0) is 54.3 Å². The van der Waals surface area contributed by atoms with E-state index in [9.17, 15) is 9.59 Å². The third kappa shape index (κ3) is 5.82. The molecule has 0 radical (unpaired) electrons. The zero-order chi connectivity index (χ0) is 20.5. The van der Waals surface area contributed by atoms with E-state index in [0.717, 1.165) is 30.4 Å². The van der Waals surface area contributed by atoms with Crippen LogP contribution in [-0.2, 0) is 9.53 Å². The smallest absolute Gasteiger partial charge is 0.339 e. The molecule has 0 unspecified atom stereocenters. The van der Waals surface area contributed by atoms with Crippen molar-refractivity contribution in [2.24, 2.45) is 0 Å². The number of anilines is 1. The van der Waals surface area contributed by atoms with Gasteiger partial charge in [-0.25, -0.2) is 4.79 Å². The molecule has 1 N–H and O–H groups in total. The van der Waals surface area contributed by atoms with Gasteiger partial charge in [0.2, 0.25) is 5.91 Å². The summed E-state index contributed by atoms with van der Waals surface area (Å²) in [5.74, 6) is 0.282. The third-order valence-corrected chi connectivity index (χ3v) is 4.64. The number of rotatable bonds is 9. The predicted octanol–water partition coefficient (Wildman–Crippen LogP) is 5.20. The Morgan fingerprint density at radius 1 is 0.862 bits per heavy atom. The monoisotopic (exact) mass is 391 g/mol. The molecule has 0 saturated heterocycles. The lowest BCUT2D eigenvalue weighted by molar-refractivity contribution is -0.116. The summed E-state index contributed by atoms with van der Waals surface area (Å²) in [7, 11) is 1.32. The van der Waals surface area contributed by atoms with Gasteiger partial charge in [0.25, 0.3) is 0 Å². The quantitative estimate of drug-likeness (QED) is 0.402. The number of ether oxygens (including phenoxy) is 2. The highest BCUT2D eigenvalue weighted by Gasteiger charge is 2.12. The van der Waals surface area contributed by atoms with Gasteiger partial charge in [0.15, 0.2) is 0 Å². The topological polar surface area (TPSA) is 64.6 Å². The molecule has 0 aliphatic rings. The summed E-state index contributed by atoms with van der Waals surface area (Å²) in [6.07, 6.45) is 2.91. The number of para-hydroxylation sites is 1. The average Bonchev–Trinajstić information content (AvgIpc) is 2.76. The van der Waals surface area contributed by atoms with Gasteiger partial charge in [0.1, 0.15) is 5.75 Å². The Hall–Kier alpha value is -3.34. The molecule has 29 heavy (non-hydrogen) atoms. The Labute approximate surface area is 170 Å². The Morgan fingerprint density at radius 2 is 1.62 bits per heavy atom. The summed E-state index contributed by atoms with van der Waals surface area (Å²) in [4.78, 5) is 23.9. The minimum absolute atomic E-state index is 0.114. The van der Waals surface area contributed by atoms with Crippen molar-refractivity contribution in [2.75, 3.05) is 19.0 Å². The van der Waals surface area contributed by atoms with Crippen LogP contribution in [0.25, 0.3) is 10.8 Å². The maximum absolute atomic E-state index is 12.2. The fraction of sp³-hybridized carbons (Fsp3) is 0.250. The number of hydrogen-bond acceptors (Lipinski definition) is 4. The Kier molecular flexibility index (Phi) is 7.22. The first kappa shape index (κ1) is 20.4. The molecule has 0 fully saturated rings. The van der Waals surface area contributed by atoms with Crippen LogP contribution in [0.5, 0.6) is 5.75 Å². The number of benzene rings is 3. The zero-order valence-corrected chi connectivity index (χ0v) is 16.5. The van der Waals surface area contributed by atoms with Gasteiger partial charge < -0.3 is 14.8 Å². The molecule has 1 amide bonds. The molecular weight excluding hydrogens is 366 g/mol. The molecule has 3 aromatic rings. The number of fused-ring (bicyclic) bond motifs is 1. The van der Waals surface area contributed by atoms with Crippen molar-refractivity contribution < 1.29 is 19.1 Å². The van der Waals surface area contributed by atoms with E-state index in [1.807, 2.05) is 24.3 Å². The fourth-order valence-electron chi connectivity index (χ4n) is 3.10. The Balaban J connectivity index is 1.37. The number of methoxy groups -OCH3 is 1. The standard InChI is InChI=1S/C24H25NO4/c1-28-24(27)21-11-6-7-12-22(21)25-23(26)13-3-2-8-16-29-20-15-14-18-9-4-5-10-19(18)17-20/h4-7,9-12,14-15,17H,2-3,8,13,16H2,1H3,(H,25,26). The van der Waals surface area contributed by atoms with Crippen LogP contribution in [-0.4, -0.2) is 25.6 Å². The lowest BCUT2D eigenvalue weighted by atomic mass is 10.1. The summed E-state index contributed by atoms with van der Waals surface area (Å²) >= 11 is 0. The SMILES string of the molecule is COC(=O)c1ccccc1NC(=O)CCCCCOc1ccc2ccccc2c1. The van der Waals surface area contributed by atoms with Gasteiger partial charge in [-0.2, -0.15) is 0 Å². The number of unbranched alkanes of at least 4 members (excludes halogenated alkanes) is 2. The molecule has 0 aromatic heterocycles. The van der Waals surface area contributed by atoms with E-state index in [2.05, 4.69) is 23.5 Å². The zero-order valence-electron chi connectivity index (χ0n) is 16.5. The summed E-state index contributed by atoms with van der Waals surface area (Å²) in [5, 5.41) is 5.14. The molecule has 3 rings (SSSR count). The average molecular weight is 391 g/mol. The number of amides is 1. The van der Waals surface area contributed by atoms with E-state index in [-0.39, 0.29) is 5.91 Å². The first-order valence-corrected chi connectivity index (χ1v) is 9.76. The van der Waals surface area contributed by atoms with Crippen LogP contribution in [0.4, 0.5) is 5.69 Å². The molecule has 0 atom stereocenters. The fourth-order valence-corrected chi connectivity index (χ4v) is 3.10. The summed E-state index contributed by atoms with van der Waals surface area (Å²) in [6, 6.07) is 21.1. The van der Waals surface area contributed by atoms with Crippen molar-refractivity contribution in [2.45, 2.75) is 25.7 Å². The van der Waals surface area contributed by atoms with Crippen molar-refractivity contribution in [1.29, 1.82) is 0 Å². The van der Waals surface area contributed by atoms with Gasteiger partial charge in [-0.3, -0.25) is 4.79 Å². The maximum Gasteiger partial charge on any atom is 0.339 e. The van der Waals surface area contributed by atoms with Crippen LogP contribution in [0.15, 0.2) is 66.7 Å². The van der Waals surface area contributed by atoms with Gasteiger partial charge in [0, 0.05) is 6.42 Å². The minimum Gasteiger partial charge on any atom is -0.494 e. The molecule has 0 spiro atoms. The highest BCUT2D eigenvalue weighted by Crippen LogP contribution is 2.21. The summed E-state index contributed by atoms with van der Waals surface area (Å²) < 4.78 is 10.6. The van der Waals surface area contributed by atoms with Crippen LogP contribution in [0.3, 0.4) is 0 Å². The van der Waals surface area contributed by atoms with Crippen LogP contribution in [0.2, 0.25) is 0 Å². The van der Waals surface area contributed by atoms with Gasteiger partial charge in [-0.15, -0.1) is 0 Å². The minimum atomic E-state index is -0.466. The summed E-state index contributed by atoms with van der Waals surface area (Å²) in [5.41, 5.74) is 0.830. The molecule has 150 valence electrons. The molecular formula is C24H25NO4. The van der Waals surface area contributed by atoms with Gasteiger partial charge in [-0.1, -0.05) is 42.5 Å². The van der Waals surface area contributed by atoms with Gasteiger partial charge in [0.05, 0.1) is 25.0 Å². The Bertz CT molecular complexity index is 983. The summed E-state index contributed by atoms with van der Waals surface area (Å²) in [6.45, 7) is 0.616. The number of carbonyl (C=O) groups excluding carboxylic acids is 2. The van der Waals surface area contributed by atoms with Crippen molar-refractivity contribution in [1.82, 2.24) is 0 Å². The molecule has 3 aromatic carbocycles. The molecule has 0 aliphatic heterocycles. The molecule has 5 nitrogen and oxygen atoms in total. The van der Waals surface area contributed by atoms with Crippen LogP contribution < -0.4 is 10.1 Å². The number of hydrogen-bond donors (Lipinski definition) is 1. The molecule has 0 saturated carbocycles. The number of esters is 1. The van der Waals surface area contributed by atoms with E-state index in [0.29, 0.717) is 24.3 Å². The number of carbonyl (C=O) groups is 2. The second-order valence-electron chi connectivity index (χ2n) is 6.75. The maximum atomic E-state index is 12.2. The van der Waals surface area contributed by atoms with Crippen LogP contribution in [0, 0.1) is 0 Å². The first-order chi connectivity index (χ1) is 14.2. The number of nitrogens with one attached hydrogen (secondary N) is 1. The van der Waals surface area contributed by atoms with E-state index in [1.165, 1.54) is 12.5 Å². The normalized spacial score (nSPS) is 10.5. The van der Waals surface area contributed by atoms with Crippen LogP contribution in [0.1, 0.15) is 36.0 Å². The second-order valence-corrected chi connectivity index (χ2v) is 6.75. The first-order valence-electron chi connectivity index (χ1n) is 9.76. The second kappa shape index (κ2) is 10.3. The highest BCUT2D eigenvalue weighted by molar-refractivity contribution is 6.01. The van der Waals surface area contributed by atoms with Crippen molar-refractivity contribution >= 4 is 28.3 Å². The van der Waals surface area contributed by atoms with Gasteiger partial charge >= 0.3 is 5.97 Å². The lowest BCUT2D eigenvalue weighted by Gasteiger charge is -2.10. The van der Waals surface area contributed by atoms with E-state index in [4.69, 9.17) is 9.47 Å². The molecule has 0 aliphatic carbocycles. The molecule has 5 heteroatoms. The molecule has 0 heterocycles.